The number of likely N-dealkylation sites (N-methyl/N-ethyl adjacent to an activating group) is 1. The van der Waals surface area contributed by atoms with E-state index in [1.54, 1.807) is 18.8 Å². The summed E-state index contributed by atoms with van der Waals surface area (Å²) in [6.07, 6.45) is 1.83. The molecule has 0 spiro atoms. The molecule has 3 aromatic carbocycles. The van der Waals surface area contributed by atoms with Crippen molar-refractivity contribution >= 4 is 29.5 Å². The molecular formula is C31H36N4O3S. The van der Waals surface area contributed by atoms with E-state index >= 15 is 0 Å². The van der Waals surface area contributed by atoms with Crippen LogP contribution < -0.4 is 16.0 Å². The molecule has 7 nitrogen and oxygen atoms in total. The molecule has 0 aliphatic carbocycles. The van der Waals surface area contributed by atoms with Crippen LogP contribution in [0.25, 0.3) is 0 Å². The number of rotatable bonds is 4. The summed E-state index contributed by atoms with van der Waals surface area (Å²) in [5.74, 6) is -0.783. The Morgan fingerprint density at radius 1 is 0.821 bits per heavy atom. The number of carbonyl (C=O) groups is 3. The van der Waals surface area contributed by atoms with Gasteiger partial charge in [0.05, 0.1) is 12.6 Å². The molecule has 3 N–H and O–H groups in total. The predicted molar refractivity (Wildman–Crippen MR) is 154 cm³/mol. The highest BCUT2D eigenvalue weighted by atomic mass is 32.2. The van der Waals surface area contributed by atoms with Gasteiger partial charge in [0.2, 0.25) is 17.7 Å². The van der Waals surface area contributed by atoms with E-state index in [9.17, 15) is 14.4 Å². The average Bonchev–Trinajstić information content (AvgIpc) is 2.94. The lowest BCUT2D eigenvalue weighted by Crippen LogP contribution is -2.52. The summed E-state index contributed by atoms with van der Waals surface area (Å²) in [5, 5.41) is 9.34. The number of amides is 3. The van der Waals surface area contributed by atoms with Crippen LogP contribution in [0.3, 0.4) is 0 Å². The van der Waals surface area contributed by atoms with E-state index in [1.807, 2.05) is 73.7 Å². The molecule has 1 aliphatic rings. The van der Waals surface area contributed by atoms with E-state index in [0.29, 0.717) is 25.9 Å². The van der Waals surface area contributed by atoms with E-state index in [-0.39, 0.29) is 24.3 Å². The van der Waals surface area contributed by atoms with Crippen molar-refractivity contribution in [2.45, 2.75) is 61.2 Å². The molecule has 0 bridgehead atoms. The maximum absolute atomic E-state index is 13.4. The first-order chi connectivity index (χ1) is 18.9. The van der Waals surface area contributed by atoms with E-state index in [4.69, 9.17) is 0 Å². The molecule has 0 unspecified atom stereocenters. The van der Waals surface area contributed by atoms with Crippen LogP contribution in [-0.4, -0.2) is 48.3 Å². The lowest BCUT2D eigenvalue weighted by Gasteiger charge is -2.25. The molecule has 2 atom stereocenters. The second-order valence-corrected chi connectivity index (χ2v) is 10.8. The molecule has 0 fully saturated rings. The minimum Gasteiger partial charge on any atom is -0.350 e. The maximum Gasteiger partial charge on any atom is 0.243 e. The van der Waals surface area contributed by atoms with Gasteiger partial charge in [-0.3, -0.25) is 14.4 Å². The molecule has 1 aliphatic heterocycles. The van der Waals surface area contributed by atoms with Gasteiger partial charge >= 0.3 is 0 Å². The van der Waals surface area contributed by atoms with Crippen LogP contribution in [0.2, 0.25) is 0 Å². The SMILES string of the molecule is CCC[C@@H]1NCc2ccccc2Sc2ccccc2CNC(=O)[C@@H](Cc2ccccc2)NC(=O)CN(C)C1=O. The Bertz CT molecular complexity index is 1280. The minimum atomic E-state index is -0.774. The fourth-order valence-electron chi connectivity index (χ4n) is 4.62. The van der Waals surface area contributed by atoms with E-state index < -0.39 is 12.1 Å². The molecule has 1 heterocycles. The summed E-state index contributed by atoms with van der Waals surface area (Å²) < 4.78 is 0. The lowest BCUT2D eigenvalue weighted by molar-refractivity contribution is -0.137. The summed E-state index contributed by atoms with van der Waals surface area (Å²) in [4.78, 5) is 43.3. The van der Waals surface area contributed by atoms with Crippen LogP contribution in [0.4, 0.5) is 0 Å². The zero-order chi connectivity index (χ0) is 27.6. The molecule has 204 valence electrons. The number of fused-ring (bicyclic) bond motifs is 2. The van der Waals surface area contributed by atoms with Gasteiger partial charge in [-0.2, -0.15) is 0 Å². The molecule has 0 saturated carbocycles. The van der Waals surface area contributed by atoms with Crippen molar-refractivity contribution in [1.82, 2.24) is 20.9 Å². The quantitative estimate of drug-likeness (QED) is 0.463. The van der Waals surface area contributed by atoms with Crippen molar-refractivity contribution in [2.24, 2.45) is 0 Å². The number of nitrogens with one attached hydrogen (secondary N) is 3. The van der Waals surface area contributed by atoms with Crippen molar-refractivity contribution in [1.29, 1.82) is 0 Å². The first kappa shape index (κ1) is 28.4. The highest BCUT2D eigenvalue weighted by molar-refractivity contribution is 7.99. The zero-order valence-electron chi connectivity index (χ0n) is 22.5. The third-order valence-electron chi connectivity index (χ3n) is 6.72. The van der Waals surface area contributed by atoms with Gasteiger partial charge in [-0.15, -0.1) is 0 Å². The molecule has 39 heavy (non-hydrogen) atoms. The Morgan fingerprint density at radius 2 is 1.44 bits per heavy atom. The number of benzene rings is 3. The Kier molecular flexibility index (Phi) is 10.2. The van der Waals surface area contributed by atoms with Crippen molar-refractivity contribution in [2.75, 3.05) is 13.6 Å². The van der Waals surface area contributed by atoms with Crippen LogP contribution in [0.1, 0.15) is 36.5 Å². The number of carbonyl (C=O) groups excluding carboxylic acids is 3. The first-order valence-corrected chi connectivity index (χ1v) is 14.2. The Morgan fingerprint density at radius 3 is 2.10 bits per heavy atom. The summed E-state index contributed by atoms with van der Waals surface area (Å²) in [6.45, 7) is 2.77. The van der Waals surface area contributed by atoms with Crippen molar-refractivity contribution in [3.05, 3.63) is 95.6 Å². The van der Waals surface area contributed by atoms with Crippen LogP contribution in [0.5, 0.6) is 0 Å². The predicted octanol–water partition coefficient (Wildman–Crippen LogP) is 3.91. The first-order valence-electron chi connectivity index (χ1n) is 13.4. The standard InChI is InChI=1S/C31H36N4O3S/c1-3-11-25-31(38)35(2)21-29(36)34-26(18-22-12-5-4-6-13-22)30(37)33-20-24-15-8-10-17-28(24)39-27-16-9-7-14-23(27)19-32-25/h4-10,12-17,25-26,32H,3,11,18-21H2,1-2H3,(H,33,37)(H,34,36)/t25-,26+/m0/s1. The van der Waals surface area contributed by atoms with Gasteiger partial charge in [-0.25, -0.2) is 0 Å². The van der Waals surface area contributed by atoms with Crippen molar-refractivity contribution in [3.8, 4) is 0 Å². The third-order valence-corrected chi connectivity index (χ3v) is 7.96. The Labute approximate surface area is 234 Å². The second kappa shape index (κ2) is 14.0. The van der Waals surface area contributed by atoms with Gasteiger partial charge < -0.3 is 20.9 Å². The average molecular weight is 545 g/mol. The van der Waals surface area contributed by atoms with Gasteiger partial charge in [0, 0.05) is 36.3 Å². The summed E-state index contributed by atoms with van der Waals surface area (Å²) in [7, 11) is 1.63. The van der Waals surface area contributed by atoms with E-state index in [1.165, 1.54) is 4.90 Å². The molecular weight excluding hydrogens is 508 g/mol. The summed E-state index contributed by atoms with van der Waals surface area (Å²) >= 11 is 1.65. The zero-order valence-corrected chi connectivity index (χ0v) is 23.3. The van der Waals surface area contributed by atoms with Crippen molar-refractivity contribution in [3.63, 3.8) is 0 Å². The van der Waals surface area contributed by atoms with Crippen LogP contribution in [0.15, 0.2) is 88.7 Å². The fraction of sp³-hybridized carbons (Fsp3) is 0.323. The second-order valence-electron chi connectivity index (χ2n) is 9.76. The highest BCUT2D eigenvalue weighted by Crippen LogP contribution is 2.33. The number of hydrogen-bond donors (Lipinski definition) is 3. The Hall–Kier alpha value is -3.62. The summed E-state index contributed by atoms with van der Waals surface area (Å²) in [5.41, 5.74) is 3.02. The smallest absolute Gasteiger partial charge is 0.243 e. The largest absolute Gasteiger partial charge is 0.350 e. The molecule has 0 radical (unpaired) electrons. The van der Waals surface area contributed by atoms with Crippen molar-refractivity contribution < 1.29 is 14.4 Å². The van der Waals surface area contributed by atoms with Gasteiger partial charge in [0.15, 0.2) is 0 Å². The third kappa shape index (κ3) is 7.94. The minimum absolute atomic E-state index is 0.130. The molecule has 3 aromatic rings. The van der Waals surface area contributed by atoms with Gasteiger partial charge in [-0.1, -0.05) is 91.8 Å². The monoisotopic (exact) mass is 544 g/mol. The molecule has 0 saturated heterocycles. The van der Waals surface area contributed by atoms with Crippen LogP contribution >= 0.6 is 11.8 Å². The van der Waals surface area contributed by atoms with Gasteiger partial charge in [0.25, 0.3) is 0 Å². The molecule has 4 rings (SSSR count). The topological polar surface area (TPSA) is 90.5 Å². The number of nitrogens with zero attached hydrogens (tertiary/aromatic N) is 1. The van der Waals surface area contributed by atoms with E-state index in [2.05, 4.69) is 28.1 Å². The molecule has 3 amide bonds. The lowest BCUT2D eigenvalue weighted by atomic mass is 10.0. The van der Waals surface area contributed by atoms with Gasteiger partial charge in [-0.05, 0) is 35.2 Å². The normalized spacial score (nSPS) is 19.3. The molecule has 8 heteroatoms. The Balaban J connectivity index is 1.66. The fourth-order valence-corrected chi connectivity index (χ4v) is 5.69. The maximum atomic E-state index is 13.4. The highest BCUT2D eigenvalue weighted by Gasteiger charge is 2.26. The molecule has 0 aromatic heterocycles. The van der Waals surface area contributed by atoms with Gasteiger partial charge in [0.1, 0.15) is 6.04 Å². The van der Waals surface area contributed by atoms with Crippen LogP contribution in [-0.2, 0) is 33.9 Å². The van der Waals surface area contributed by atoms with Crippen LogP contribution in [0, 0.1) is 0 Å². The van der Waals surface area contributed by atoms with E-state index in [0.717, 1.165) is 32.9 Å². The summed E-state index contributed by atoms with van der Waals surface area (Å²) in [6, 6.07) is 24.5. The number of hydrogen-bond acceptors (Lipinski definition) is 5.